The standard InChI is InChI=1S/C7H9NO5.3C2H6/c1-5(8(10)11)4-6(2)13-7(9)12-3;3*1-2/h4H,1H2,2-3H3;3*1-2H3/b6-4+;;;. The van der Waals surface area contributed by atoms with Gasteiger partial charge in [-0.1, -0.05) is 41.5 Å². The van der Waals surface area contributed by atoms with Crippen molar-refractivity contribution in [1.82, 2.24) is 0 Å². The Morgan fingerprint density at radius 3 is 1.79 bits per heavy atom. The van der Waals surface area contributed by atoms with Crippen LogP contribution in [0.2, 0.25) is 0 Å². The lowest BCUT2D eigenvalue weighted by atomic mass is 10.4. The molecule has 0 saturated heterocycles. The Kier molecular flexibility index (Phi) is 29.2. The van der Waals surface area contributed by atoms with Gasteiger partial charge in [-0.05, 0) is 13.5 Å². The van der Waals surface area contributed by atoms with Crippen LogP contribution in [0.5, 0.6) is 0 Å². The molecule has 0 amide bonds. The summed E-state index contributed by atoms with van der Waals surface area (Å²) in [6, 6.07) is 0. The second-order valence-corrected chi connectivity index (χ2v) is 2.06. The van der Waals surface area contributed by atoms with Gasteiger partial charge < -0.3 is 9.47 Å². The van der Waals surface area contributed by atoms with Gasteiger partial charge in [0.25, 0.3) is 5.70 Å². The van der Waals surface area contributed by atoms with Crippen LogP contribution in [0.3, 0.4) is 0 Å². The molecule has 114 valence electrons. The maximum absolute atomic E-state index is 10.5. The van der Waals surface area contributed by atoms with E-state index in [0.29, 0.717) is 0 Å². The van der Waals surface area contributed by atoms with E-state index in [9.17, 15) is 14.9 Å². The summed E-state index contributed by atoms with van der Waals surface area (Å²) >= 11 is 0. The van der Waals surface area contributed by atoms with Crippen molar-refractivity contribution in [3.63, 3.8) is 0 Å². The Balaban J connectivity index is -0.000000163. The SMILES string of the molecule is C=C(/C=C(\C)OC(=O)OC)[N+](=O)[O-].CC.CC.CC. The van der Waals surface area contributed by atoms with Gasteiger partial charge in [-0.2, -0.15) is 0 Å². The highest BCUT2D eigenvalue weighted by Gasteiger charge is 2.06. The smallest absolute Gasteiger partial charge is 0.437 e. The minimum atomic E-state index is -0.926. The lowest BCUT2D eigenvalue weighted by Gasteiger charge is -2.00. The summed E-state index contributed by atoms with van der Waals surface area (Å²) in [5, 5.41) is 10.1. The molecule has 0 fully saturated rings. The number of allylic oxidation sites excluding steroid dienone is 2. The van der Waals surface area contributed by atoms with E-state index in [0.717, 1.165) is 13.2 Å². The zero-order valence-electron chi connectivity index (χ0n) is 13.3. The van der Waals surface area contributed by atoms with Crippen molar-refractivity contribution in [3.05, 3.63) is 34.2 Å². The third-order valence-electron chi connectivity index (χ3n) is 1.02. The van der Waals surface area contributed by atoms with Crippen molar-refractivity contribution in [1.29, 1.82) is 0 Å². The van der Waals surface area contributed by atoms with Crippen LogP contribution in [0.15, 0.2) is 24.1 Å². The fourth-order valence-corrected chi connectivity index (χ4v) is 0.490. The van der Waals surface area contributed by atoms with Crippen LogP contribution in [0.4, 0.5) is 4.79 Å². The zero-order chi connectivity index (χ0) is 16.4. The van der Waals surface area contributed by atoms with E-state index >= 15 is 0 Å². The van der Waals surface area contributed by atoms with Gasteiger partial charge in [-0.25, -0.2) is 4.79 Å². The Morgan fingerprint density at radius 1 is 1.16 bits per heavy atom. The maximum Gasteiger partial charge on any atom is 0.513 e. The van der Waals surface area contributed by atoms with Crippen LogP contribution in [-0.4, -0.2) is 18.2 Å². The predicted octanol–water partition coefficient (Wildman–Crippen LogP) is 4.54. The molecule has 0 aromatic carbocycles. The summed E-state index contributed by atoms with van der Waals surface area (Å²) in [5.41, 5.74) is -0.360. The molecule has 0 atom stereocenters. The zero-order valence-corrected chi connectivity index (χ0v) is 13.3. The first-order valence-electron chi connectivity index (χ1n) is 6.24. The monoisotopic (exact) mass is 277 g/mol. The highest BCUT2D eigenvalue weighted by Crippen LogP contribution is 2.03. The second kappa shape index (κ2) is 21.4. The summed E-state index contributed by atoms with van der Waals surface area (Å²) in [7, 11) is 1.14. The van der Waals surface area contributed by atoms with Crippen molar-refractivity contribution in [2.24, 2.45) is 0 Å². The summed E-state index contributed by atoms with van der Waals surface area (Å²) in [6.07, 6.45) is 0.0987. The van der Waals surface area contributed by atoms with Gasteiger partial charge in [0.2, 0.25) is 0 Å². The van der Waals surface area contributed by atoms with Crippen LogP contribution in [0.25, 0.3) is 0 Å². The van der Waals surface area contributed by atoms with Crippen LogP contribution < -0.4 is 0 Å². The number of hydrogen-bond donors (Lipinski definition) is 0. The largest absolute Gasteiger partial charge is 0.513 e. The fourth-order valence-electron chi connectivity index (χ4n) is 0.490. The van der Waals surface area contributed by atoms with Crippen LogP contribution in [0.1, 0.15) is 48.5 Å². The lowest BCUT2D eigenvalue weighted by molar-refractivity contribution is -0.418. The van der Waals surface area contributed by atoms with Crippen molar-refractivity contribution >= 4 is 6.16 Å². The summed E-state index contributed by atoms with van der Waals surface area (Å²) in [4.78, 5) is 19.9. The van der Waals surface area contributed by atoms with E-state index in [1.165, 1.54) is 6.92 Å². The average Bonchev–Trinajstić information content (AvgIpc) is 2.44. The van der Waals surface area contributed by atoms with E-state index in [-0.39, 0.29) is 11.5 Å². The quantitative estimate of drug-likeness (QED) is 0.249. The molecule has 0 radical (unpaired) electrons. The normalized spacial score (nSPS) is 8.11. The number of carbonyl (C=O) groups is 1. The summed E-state index contributed by atoms with van der Waals surface area (Å²) < 4.78 is 8.62. The van der Waals surface area contributed by atoms with Gasteiger partial charge in [0, 0.05) is 0 Å². The van der Waals surface area contributed by atoms with Gasteiger partial charge in [0.1, 0.15) is 5.76 Å². The third kappa shape index (κ3) is 21.9. The first-order valence-corrected chi connectivity index (χ1v) is 6.24. The molecule has 6 heteroatoms. The minimum Gasteiger partial charge on any atom is -0.437 e. The molecule has 0 aliphatic rings. The van der Waals surface area contributed by atoms with E-state index in [4.69, 9.17) is 0 Å². The first kappa shape index (κ1) is 25.9. The van der Waals surface area contributed by atoms with E-state index < -0.39 is 11.1 Å². The lowest BCUT2D eigenvalue weighted by Crippen LogP contribution is -2.03. The average molecular weight is 277 g/mol. The van der Waals surface area contributed by atoms with Crippen molar-refractivity contribution in [2.75, 3.05) is 7.11 Å². The topological polar surface area (TPSA) is 78.7 Å². The van der Waals surface area contributed by atoms with Crippen LogP contribution in [-0.2, 0) is 9.47 Å². The van der Waals surface area contributed by atoms with Crippen molar-refractivity contribution in [3.8, 4) is 0 Å². The Hall–Kier alpha value is -1.85. The molecular formula is C13H27NO5. The molecule has 0 aliphatic heterocycles. The number of nitro groups is 1. The fraction of sp³-hybridized carbons (Fsp3) is 0.615. The van der Waals surface area contributed by atoms with Gasteiger partial charge in [0.05, 0.1) is 18.1 Å². The maximum atomic E-state index is 10.5. The molecule has 0 spiro atoms. The number of nitrogens with zero attached hydrogens (tertiary/aromatic N) is 1. The molecule has 0 rings (SSSR count). The van der Waals surface area contributed by atoms with E-state index in [1.807, 2.05) is 41.5 Å². The molecule has 0 bridgehead atoms. The van der Waals surface area contributed by atoms with Crippen LogP contribution >= 0.6 is 0 Å². The van der Waals surface area contributed by atoms with Gasteiger partial charge in [0.15, 0.2) is 0 Å². The molecule has 0 heterocycles. The molecule has 0 aliphatic carbocycles. The summed E-state index contributed by atoms with van der Waals surface area (Å²) in [6.45, 7) is 16.5. The number of methoxy groups -OCH3 is 1. The number of ether oxygens (including phenoxy) is 2. The van der Waals surface area contributed by atoms with Crippen molar-refractivity contribution < 1.29 is 19.2 Å². The highest BCUT2D eigenvalue weighted by atomic mass is 16.7. The Morgan fingerprint density at radius 2 is 1.53 bits per heavy atom. The number of carbonyl (C=O) groups excluding carboxylic acids is 1. The van der Waals surface area contributed by atoms with Crippen molar-refractivity contribution in [2.45, 2.75) is 48.5 Å². The molecule has 6 nitrogen and oxygen atoms in total. The molecular weight excluding hydrogens is 250 g/mol. The highest BCUT2D eigenvalue weighted by molar-refractivity contribution is 5.61. The molecule has 0 aromatic rings. The minimum absolute atomic E-state index is 0.0496. The van der Waals surface area contributed by atoms with Gasteiger partial charge >= 0.3 is 6.16 Å². The third-order valence-corrected chi connectivity index (χ3v) is 1.02. The molecule has 0 aromatic heterocycles. The number of rotatable bonds is 3. The summed E-state index contributed by atoms with van der Waals surface area (Å²) in [5.74, 6) is 0.0496. The Labute approximate surface area is 116 Å². The number of hydrogen-bond acceptors (Lipinski definition) is 5. The van der Waals surface area contributed by atoms with Crippen LogP contribution in [0, 0.1) is 10.1 Å². The predicted molar refractivity (Wildman–Crippen MR) is 77.4 cm³/mol. The molecule has 19 heavy (non-hydrogen) atoms. The second-order valence-electron chi connectivity index (χ2n) is 2.06. The molecule has 0 saturated carbocycles. The molecule has 0 N–H and O–H groups in total. The molecule has 0 unspecified atom stereocenters. The van der Waals surface area contributed by atoms with E-state index in [2.05, 4.69) is 16.1 Å². The Bertz CT molecular complexity index is 272. The van der Waals surface area contributed by atoms with Gasteiger partial charge in [-0.3, -0.25) is 10.1 Å². The first-order chi connectivity index (χ1) is 8.97. The van der Waals surface area contributed by atoms with E-state index in [1.54, 1.807) is 0 Å². The van der Waals surface area contributed by atoms with Gasteiger partial charge in [-0.15, -0.1) is 0 Å².